The van der Waals surface area contributed by atoms with Gasteiger partial charge in [-0.1, -0.05) is 13.8 Å². The predicted molar refractivity (Wildman–Crippen MR) is 78.6 cm³/mol. The molecule has 1 atom stereocenters. The first-order chi connectivity index (χ1) is 8.95. The fourth-order valence-electron chi connectivity index (χ4n) is 1.87. The van der Waals surface area contributed by atoms with Gasteiger partial charge in [0.25, 0.3) is 5.91 Å². The van der Waals surface area contributed by atoms with Crippen LogP contribution in [0.5, 0.6) is 0 Å². The minimum atomic E-state index is -0.0857. The third-order valence-electron chi connectivity index (χ3n) is 3.21. The van der Waals surface area contributed by atoms with E-state index in [2.05, 4.69) is 5.32 Å². The molecular formula is C15H24N2O2. The van der Waals surface area contributed by atoms with E-state index >= 15 is 0 Å². The monoisotopic (exact) mass is 264 g/mol. The Labute approximate surface area is 115 Å². The van der Waals surface area contributed by atoms with E-state index in [9.17, 15) is 4.79 Å². The zero-order chi connectivity index (χ0) is 14.4. The summed E-state index contributed by atoms with van der Waals surface area (Å²) in [5.41, 5.74) is 1.71. The summed E-state index contributed by atoms with van der Waals surface area (Å²) >= 11 is 0. The maximum absolute atomic E-state index is 12.1. The van der Waals surface area contributed by atoms with E-state index in [4.69, 9.17) is 5.11 Å². The van der Waals surface area contributed by atoms with Crippen molar-refractivity contribution < 1.29 is 9.90 Å². The molecule has 1 aromatic rings. The number of nitrogens with zero attached hydrogens (tertiary/aromatic N) is 1. The summed E-state index contributed by atoms with van der Waals surface area (Å²) in [7, 11) is 3.93. The van der Waals surface area contributed by atoms with Crippen molar-refractivity contribution >= 4 is 11.6 Å². The van der Waals surface area contributed by atoms with Gasteiger partial charge in [0.2, 0.25) is 0 Å². The SMILES string of the molecule is CC(C)C(CCO)NC(=O)c1ccc(N(C)C)cc1. The molecule has 0 aliphatic rings. The average molecular weight is 264 g/mol. The van der Waals surface area contributed by atoms with Crippen LogP contribution in [0.1, 0.15) is 30.6 Å². The Morgan fingerprint density at radius 3 is 2.26 bits per heavy atom. The summed E-state index contributed by atoms with van der Waals surface area (Å²) in [5, 5.41) is 12.0. The first-order valence-corrected chi connectivity index (χ1v) is 6.64. The van der Waals surface area contributed by atoms with Crippen LogP contribution in [0.25, 0.3) is 0 Å². The van der Waals surface area contributed by atoms with Crippen LogP contribution in [0.4, 0.5) is 5.69 Å². The number of carbonyl (C=O) groups excluding carboxylic acids is 1. The smallest absolute Gasteiger partial charge is 0.251 e. The third kappa shape index (κ3) is 4.56. The van der Waals surface area contributed by atoms with Crippen molar-refractivity contribution in [1.82, 2.24) is 5.32 Å². The second kappa shape index (κ2) is 7.14. The molecule has 1 rings (SSSR count). The summed E-state index contributed by atoms with van der Waals surface area (Å²) in [4.78, 5) is 14.1. The zero-order valence-corrected chi connectivity index (χ0v) is 12.2. The fourth-order valence-corrected chi connectivity index (χ4v) is 1.87. The highest BCUT2D eigenvalue weighted by atomic mass is 16.3. The molecule has 0 saturated carbocycles. The molecule has 0 aliphatic heterocycles. The van der Waals surface area contributed by atoms with Crippen molar-refractivity contribution in [2.24, 2.45) is 5.92 Å². The van der Waals surface area contributed by atoms with E-state index in [1.807, 2.05) is 57.1 Å². The van der Waals surface area contributed by atoms with Crippen molar-refractivity contribution in [3.8, 4) is 0 Å². The van der Waals surface area contributed by atoms with Gasteiger partial charge in [-0.05, 0) is 36.6 Å². The molecule has 0 radical (unpaired) electrons. The Balaban J connectivity index is 2.71. The highest BCUT2D eigenvalue weighted by molar-refractivity contribution is 5.94. The van der Waals surface area contributed by atoms with Crippen molar-refractivity contribution in [3.05, 3.63) is 29.8 Å². The summed E-state index contributed by atoms with van der Waals surface area (Å²) in [6, 6.07) is 7.49. The lowest BCUT2D eigenvalue weighted by Gasteiger charge is -2.21. The second-order valence-electron chi connectivity index (χ2n) is 5.28. The normalized spacial score (nSPS) is 12.3. The molecule has 2 N–H and O–H groups in total. The second-order valence-corrected chi connectivity index (χ2v) is 5.28. The standard InChI is InChI=1S/C15H24N2O2/c1-11(2)14(9-10-18)16-15(19)12-5-7-13(8-6-12)17(3)4/h5-8,11,14,18H,9-10H2,1-4H3,(H,16,19). The van der Waals surface area contributed by atoms with Crippen LogP contribution in [0, 0.1) is 5.92 Å². The Morgan fingerprint density at radius 1 is 1.26 bits per heavy atom. The predicted octanol–water partition coefficient (Wildman–Crippen LogP) is 1.89. The minimum Gasteiger partial charge on any atom is -0.396 e. The molecule has 4 nitrogen and oxygen atoms in total. The van der Waals surface area contributed by atoms with Crippen LogP contribution in [0.3, 0.4) is 0 Å². The number of aliphatic hydroxyl groups excluding tert-OH is 1. The number of nitrogens with one attached hydrogen (secondary N) is 1. The lowest BCUT2D eigenvalue weighted by molar-refractivity contribution is 0.0916. The number of carbonyl (C=O) groups is 1. The van der Waals surface area contributed by atoms with Gasteiger partial charge in [-0.15, -0.1) is 0 Å². The molecule has 1 amide bonds. The highest BCUT2D eigenvalue weighted by Gasteiger charge is 2.16. The molecule has 0 fully saturated rings. The lowest BCUT2D eigenvalue weighted by atomic mass is 10.0. The molecule has 0 saturated heterocycles. The molecule has 0 aliphatic carbocycles. The first-order valence-electron chi connectivity index (χ1n) is 6.64. The fraction of sp³-hybridized carbons (Fsp3) is 0.533. The number of rotatable bonds is 6. The van der Waals surface area contributed by atoms with Gasteiger partial charge in [0.05, 0.1) is 0 Å². The Kier molecular flexibility index (Phi) is 5.83. The number of hydrogen-bond acceptors (Lipinski definition) is 3. The maximum Gasteiger partial charge on any atom is 0.251 e. The molecule has 0 aromatic heterocycles. The number of anilines is 1. The summed E-state index contributed by atoms with van der Waals surface area (Å²) < 4.78 is 0. The zero-order valence-electron chi connectivity index (χ0n) is 12.2. The van der Waals surface area contributed by atoms with Crippen molar-refractivity contribution in [1.29, 1.82) is 0 Å². The van der Waals surface area contributed by atoms with Crippen LogP contribution in [-0.4, -0.2) is 37.8 Å². The molecule has 0 heterocycles. The topological polar surface area (TPSA) is 52.6 Å². The van der Waals surface area contributed by atoms with Gasteiger partial charge in [-0.3, -0.25) is 4.79 Å². The van der Waals surface area contributed by atoms with Gasteiger partial charge in [-0.2, -0.15) is 0 Å². The number of hydrogen-bond donors (Lipinski definition) is 2. The van der Waals surface area contributed by atoms with Gasteiger partial charge >= 0.3 is 0 Å². The molecule has 0 bridgehead atoms. The number of amides is 1. The van der Waals surface area contributed by atoms with E-state index in [-0.39, 0.29) is 18.6 Å². The van der Waals surface area contributed by atoms with Crippen LogP contribution in [-0.2, 0) is 0 Å². The number of aliphatic hydroxyl groups is 1. The van der Waals surface area contributed by atoms with Gasteiger partial charge < -0.3 is 15.3 Å². The van der Waals surface area contributed by atoms with E-state index < -0.39 is 0 Å². The minimum absolute atomic E-state index is 0.00558. The first kappa shape index (κ1) is 15.5. The summed E-state index contributed by atoms with van der Waals surface area (Å²) in [5.74, 6) is 0.217. The Hall–Kier alpha value is -1.55. The Bertz CT molecular complexity index is 399. The van der Waals surface area contributed by atoms with Crippen molar-refractivity contribution in [3.63, 3.8) is 0 Å². The van der Waals surface area contributed by atoms with Gasteiger partial charge in [-0.25, -0.2) is 0 Å². The molecule has 4 heteroatoms. The molecule has 1 unspecified atom stereocenters. The maximum atomic E-state index is 12.1. The molecule has 1 aromatic carbocycles. The largest absolute Gasteiger partial charge is 0.396 e. The summed E-state index contributed by atoms with van der Waals surface area (Å²) in [6.45, 7) is 4.16. The van der Waals surface area contributed by atoms with Crippen LogP contribution >= 0.6 is 0 Å². The van der Waals surface area contributed by atoms with E-state index in [0.29, 0.717) is 17.9 Å². The van der Waals surface area contributed by atoms with Gasteiger partial charge in [0.15, 0.2) is 0 Å². The molecular weight excluding hydrogens is 240 g/mol. The molecule has 106 valence electrons. The lowest BCUT2D eigenvalue weighted by Crippen LogP contribution is -2.39. The molecule has 19 heavy (non-hydrogen) atoms. The van der Waals surface area contributed by atoms with Gasteiger partial charge in [0.1, 0.15) is 0 Å². The Morgan fingerprint density at radius 2 is 1.84 bits per heavy atom. The molecule has 0 spiro atoms. The summed E-state index contributed by atoms with van der Waals surface area (Å²) in [6.07, 6.45) is 0.583. The van der Waals surface area contributed by atoms with Crippen LogP contribution in [0.15, 0.2) is 24.3 Å². The van der Waals surface area contributed by atoms with Gasteiger partial charge in [0, 0.05) is 38.0 Å². The number of benzene rings is 1. The highest BCUT2D eigenvalue weighted by Crippen LogP contribution is 2.13. The average Bonchev–Trinajstić information content (AvgIpc) is 2.38. The van der Waals surface area contributed by atoms with E-state index in [1.54, 1.807) is 0 Å². The van der Waals surface area contributed by atoms with Crippen LogP contribution in [0.2, 0.25) is 0 Å². The quantitative estimate of drug-likeness (QED) is 0.825. The van der Waals surface area contributed by atoms with Crippen molar-refractivity contribution in [2.75, 3.05) is 25.6 Å². The van der Waals surface area contributed by atoms with E-state index in [0.717, 1.165) is 5.69 Å². The third-order valence-corrected chi connectivity index (χ3v) is 3.21. The van der Waals surface area contributed by atoms with E-state index in [1.165, 1.54) is 0 Å². The van der Waals surface area contributed by atoms with Crippen molar-refractivity contribution in [2.45, 2.75) is 26.3 Å². The van der Waals surface area contributed by atoms with Crippen LogP contribution < -0.4 is 10.2 Å².